The Kier molecular flexibility index (Phi) is 6.22. The number of nitrogens with one attached hydrogen (secondary N) is 1. The summed E-state index contributed by atoms with van der Waals surface area (Å²) in [6, 6.07) is 4.25. The quantitative estimate of drug-likeness (QED) is 0.516. The molecule has 10 nitrogen and oxygen atoms in total. The Labute approximate surface area is 198 Å². The summed E-state index contributed by atoms with van der Waals surface area (Å²) in [7, 11) is 1.69. The average molecular weight is 460 g/mol. The van der Waals surface area contributed by atoms with Gasteiger partial charge in [-0.15, -0.1) is 0 Å². The summed E-state index contributed by atoms with van der Waals surface area (Å²) in [5, 5.41) is 22.0. The molecule has 3 aromatic rings. The molecule has 5 rings (SSSR count). The lowest BCUT2D eigenvalue weighted by atomic mass is 9.85. The van der Waals surface area contributed by atoms with Crippen LogP contribution in [0.3, 0.4) is 0 Å². The Morgan fingerprint density at radius 1 is 1.38 bits per heavy atom. The van der Waals surface area contributed by atoms with E-state index in [9.17, 15) is 5.26 Å². The van der Waals surface area contributed by atoms with Crippen molar-refractivity contribution in [1.29, 1.82) is 10.7 Å². The molecule has 5 heterocycles. The fraction of sp³-hybridized carbons (Fsp3) is 0.500. The molecule has 0 bridgehead atoms. The first-order chi connectivity index (χ1) is 16.7. The highest BCUT2D eigenvalue weighted by atomic mass is 16.5. The van der Waals surface area contributed by atoms with E-state index in [1.165, 1.54) is 6.21 Å². The third-order valence-corrected chi connectivity index (χ3v) is 6.87. The average Bonchev–Trinajstić information content (AvgIpc) is 3.51. The van der Waals surface area contributed by atoms with Gasteiger partial charge in [0, 0.05) is 77.0 Å². The number of fused-ring (bicyclic) bond motifs is 1. The number of aromatic nitrogens is 5. The van der Waals surface area contributed by atoms with Crippen molar-refractivity contribution in [2.45, 2.75) is 30.7 Å². The zero-order valence-electron chi connectivity index (χ0n) is 19.3. The molecule has 0 aromatic carbocycles. The van der Waals surface area contributed by atoms with E-state index in [0.717, 1.165) is 56.9 Å². The van der Waals surface area contributed by atoms with Crippen LogP contribution in [0.2, 0.25) is 0 Å². The molecule has 1 atom stereocenters. The lowest BCUT2D eigenvalue weighted by molar-refractivity contribution is -0.0224. The molecule has 0 aliphatic carbocycles. The molecule has 0 spiro atoms. The van der Waals surface area contributed by atoms with E-state index < -0.39 is 0 Å². The molecule has 0 saturated carbocycles. The van der Waals surface area contributed by atoms with Gasteiger partial charge in [0.25, 0.3) is 0 Å². The summed E-state index contributed by atoms with van der Waals surface area (Å²) in [5.74, 6) is 1.05. The number of imidazole rings is 1. The molecule has 10 heteroatoms. The van der Waals surface area contributed by atoms with Crippen LogP contribution < -0.4 is 0 Å². The summed E-state index contributed by atoms with van der Waals surface area (Å²) in [5.41, 5.74) is 1.99. The molecule has 2 fully saturated rings. The van der Waals surface area contributed by atoms with Gasteiger partial charge in [-0.3, -0.25) is 19.0 Å². The topological polar surface area (TPSA) is 120 Å². The Balaban J connectivity index is 1.42. The number of ether oxygens (including phenoxy) is 1. The van der Waals surface area contributed by atoms with E-state index in [1.54, 1.807) is 25.7 Å². The largest absolute Gasteiger partial charge is 0.381 e. The van der Waals surface area contributed by atoms with Crippen molar-refractivity contribution < 1.29 is 4.74 Å². The maximum atomic E-state index is 9.56. The third-order valence-electron chi connectivity index (χ3n) is 6.87. The third kappa shape index (κ3) is 4.13. The van der Waals surface area contributed by atoms with Crippen LogP contribution in [0, 0.1) is 22.7 Å². The molecule has 2 aliphatic rings. The maximum absolute atomic E-state index is 9.56. The summed E-state index contributed by atoms with van der Waals surface area (Å²) < 4.78 is 9.36. The van der Waals surface area contributed by atoms with Gasteiger partial charge in [-0.1, -0.05) is 0 Å². The molecule has 0 amide bonds. The van der Waals surface area contributed by atoms with Crippen molar-refractivity contribution in [2.75, 3.05) is 39.9 Å². The fourth-order valence-corrected chi connectivity index (χ4v) is 5.07. The van der Waals surface area contributed by atoms with Gasteiger partial charge in [0.2, 0.25) is 0 Å². The Hall–Kier alpha value is -3.42. The van der Waals surface area contributed by atoms with E-state index in [-0.39, 0.29) is 11.5 Å². The van der Waals surface area contributed by atoms with Crippen LogP contribution in [-0.2, 0) is 10.3 Å². The second-order valence-electron chi connectivity index (χ2n) is 9.22. The second kappa shape index (κ2) is 9.44. The molecular formula is C24H29N9O. The van der Waals surface area contributed by atoms with Gasteiger partial charge in [0.1, 0.15) is 17.0 Å². The number of hydrogen-bond donors (Lipinski definition) is 1. The predicted molar refractivity (Wildman–Crippen MR) is 128 cm³/mol. The Bertz CT molecular complexity index is 1220. The molecule has 1 N–H and O–H groups in total. The first kappa shape index (κ1) is 22.4. The van der Waals surface area contributed by atoms with E-state index in [2.05, 4.69) is 26.0 Å². The normalized spacial score (nSPS) is 19.8. The Morgan fingerprint density at radius 3 is 2.94 bits per heavy atom. The summed E-state index contributed by atoms with van der Waals surface area (Å²) in [6.45, 7) is 4.38. The van der Waals surface area contributed by atoms with E-state index in [4.69, 9.17) is 15.1 Å². The molecular weight excluding hydrogens is 430 g/mol. The summed E-state index contributed by atoms with van der Waals surface area (Å²) in [6.07, 6.45) is 13.1. The van der Waals surface area contributed by atoms with Gasteiger partial charge in [-0.25, -0.2) is 9.97 Å². The maximum Gasteiger partial charge on any atom is 0.149 e. The molecule has 0 radical (unpaired) electrons. The van der Waals surface area contributed by atoms with Crippen molar-refractivity contribution >= 4 is 18.1 Å². The van der Waals surface area contributed by atoms with Crippen LogP contribution in [0.25, 0.3) is 17.0 Å². The van der Waals surface area contributed by atoms with Gasteiger partial charge >= 0.3 is 0 Å². The number of hydrogen-bond acceptors (Lipinski definition) is 8. The zero-order chi connectivity index (χ0) is 23.5. The fourth-order valence-electron chi connectivity index (χ4n) is 5.07. The molecule has 2 saturated heterocycles. The minimum Gasteiger partial charge on any atom is -0.381 e. The highest BCUT2D eigenvalue weighted by Crippen LogP contribution is 2.35. The van der Waals surface area contributed by atoms with Crippen molar-refractivity contribution in [3.05, 3.63) is 36.5 Å². The molecule has 1 unspecified atom stereocenters. The van der Waals surface area contributed by atoms with E-state index in [1.807, 2.05) is 27.5 Å². The van der Waals surface area contributed by atoms with E-state index >= 15 is 0 Å². The number of aliphatic imine (C=N–C) groups is 1. The van der Waals surface area contributed by atoms with Gasteiger partial charge in [-0.05, 0) is 18.8 Å². The van der Waals surface area contributed by atoms with Crippen LogP contribution >= 0.6 is 0 Å². The lowest BCUT2D eigenvalue weighted by Crippen LogP contribution is -2.63. The predicted octanol–water partition coefficient (Wildman–Crippen LogP) is 2.38. The van der Waals surface area contributed by atoms with Gasteiger partial charge in [-0.2, -0.15) is 10.4 Å². The zero-order valence-corrected chi connectivity index (χ0v) is 19.3. The van der Waals surface area contributed by atoms with E-state index in [0.29, 0.717) is 23.9 Å². The van der Waals surface area contributed by atoms with Crippen LogP contribution in [0.4, 0.5) is 0 Å². The number of nitrogens with zero attached hydrogens (tertiary/aromatic N) is 8. The summed E-state index contributed by atoms with van der Waals surface area (Å²) >= 11 is 0. The second-order valence-corrected chi connectivity index (χ2v) is 9.22. The number of likely N-dealkylation sites (tertiary alicyclic amines) is 1. The van der Waals surface area contributed by atoms with Crippen molar-refractivity contribution in [3.8, 4) is 17.5 Å². The minimum absolute atomic E-state index is 0.323. The highest BCUT2D eigenvalue weighted by molar-refractivity contribution is 5.88. The van der Waals surface area contributed by atoms with Crippen LogP contribution in [-0.4, -0.2) is 81.4 Å². The Morgan fingerprint density at radius 2 is 2.21 bits per heavy atom. The molecule has 176 valence electrons. The lowest BCUT2D eigenvalue weighted by Gasteiger charge is -2.50. The van der Waals surface area contributed by atoms with Gasteiger partial charge in [0.15, 0.2) is 0 Å². The van der Waals surface area contributed by atoms with Crippen LogP contribution in [0.5, 0.6) is 0 Å². The highest BCUT2D eigenvalue weighted by Gasteiger charge is 2.46. The van der Waals surface area contributed by atoms with Crippen molar-refractivity contribution in [1.82, 2.24) is 29.0 Å². The SMILES string of the molecule is CN=CC(C=N)c1cc2nccn2c(-c2cnn(C3(CC#N)CN(CC4CCOCC4)C3)c2)n1. The molecule has 34 heavy (non-hydrogen) atoms. The van der Waals surface area contributed by atoms with Crippen LogP contribution in [0.15, 0.2) is 35.8 Å². The number of nitriles is 1. The van der Waals surface area contributed by atoms with Crippen molar-refractivity contribution in [2.24, 2.45) is 10.9 Å². The molecule has 2 aliphatic heterocycles. The van der Waals surface area contributed by atoms with Gasteiger partial charge < -0.3 is 10.1 Å². The minimum atomic E-state index is -0.323. The number of rotatable bonds is 8. The van der Waals surface area contributed by atoms with Crippen molar-refractivity contribution in [3.63, 3.8) is 0 Å². The molecule has 3 aromatic heterocycles. The monoisotopic (exact) mass is 459 g/mol. The van der Waals surface area contributed by atoms with Gasteiger partial charge in [0.05, 0.1) is 35.9 Å². The standard InChI is InChI=1S/C24H29N9O/c1-27-12-19(11-26)21-10-22-28-6-7-32(22)23(30-21)20-13-29-33(15-20)24(4-5-25)16-31(17-24)14-18-2-8-34-9-3-18/h6-7,10-13,15,18-19,26H,2-4,8-9,14,16-17H2,1H3. The first-order valence-electron chi connectivity index (χ1n) is 11.7. The summed E-state index contributed by atoms with van der Waals surface area (Å²) in [4.78, 5) is 15.8. The smallest absolute Gasteiger partial charge is 0.149 e. The van der Waals surface area contributed by atoms with Crippen LogP contribution in [0.1, 0.15) is 30.9 Å². The first-order valence-corrected chi connectivity index (χ1v) is 11.7.